The second kappa shape index (κ2) is 5.74. The summed E-state index contributed by atoms with van der Waals surface area (Å²) in [7, 11) is -4.45. The van der Waals surface area contributed by atoms with Crippen LogP contribution >= 0.6 is 11.6 Å². The van der Waals surface area contributed by atoms with Crippen molar-refractivity contribution in [3.05, 3.63) is 58.9 Å². The maximum absolute atomic E-state index is 13.6. The molecule has 1 heterocycles. The lowest BCUT2D eigenvalue weighted by Gasteiger charge is -2.08. The fraction of sp³-hybridized carbons (Fsp3) is 0. The van der Waals surface area contributed by atoms with Crippen LogP contribution in [0.2, 0.25) is 5.02 Å². The summed E-state index contributed by atoms with van der Waals surface area (Å²) in [6, 6.07) is 3.67. The number of sulfonamides is 1. The summed E-state index contributed by atoms with van der Waals surface area (Å²) in [5.74, 6) is -3.05. The molecule has 0 radical (unpaired) electrons. The summed E-state index contributed by atoms with van der Waals surface area (Å²) in [5, 5.41) is 0.00658. The predicted octanol–water partition coefficient (Wildman–Crippen LogP) is 2.13. The van der Waals surface area contributed by atoms with Crippen LogP contribution in [-0.4, -0.2) is 19.3 Å². The third-order valence-electron chi connectivity index (χ3n) is 2.38. The molecule has 1 amide bonds. The van der Waals surface area contributed by atoms with Crippen molar-refractivity contribution >= 4 is 27.5 Å². The van der Waals surface area contributed by atoms with Gasteiger partial charge in [-0.25, -0.2) is 21.9 Å². The number of carbonyl (C=O) groups excluding carboxylic acids is 1. The highest BCUT2D eigenvalue weighted by molar-refractivity contribution is 7.90. The zero-order valence-corrected chi connectivity index (χ0v) is 11.8. The summed E-state index contributed by atoms with van der Waals surface area (Å²) in [6.45, 7) is 0. The third-order valence-corrected chi connectivity index (χ3v) is 3.98. The van der Waals surface area contributed by atoms with E-state index in [0.29, 0.717) is 0 Å². The molecule has 0 saturated carbocycles. The molecule has 2 aromatic rings. The number of carbonyl (C=O) groups is 1. The molecule has 0 saturated heterocycles. The summed E-state index contributed by atoms with van der Waals surface area (Å²) >= 11 is 5.51. The summed E-state index contributed by atoms with van der Waals surface area (Å²) < 4.78 is 51.9. The largest absolute Gasteiger partial charge is 0.268 e. The summed E-state index contributed by atoms with van der Waals surface area (Å²) in [4.78, 5) is 14.4. The fourth-order valence-corrected chi connectivity index (χ4v) is 2.66. The molecule has 0 bridgehead atoms. The Balaban J connectivity index is 2.31. The van der Waals surface area contributed by atoms with Gasteiger partial charge in [0.25, 0.3) is 15.9 Å². The Bertz CT molecular complexity index is 812. The van der Waals surface area contributed by atoms with Crippen LogP contribution in [0.5, 0.6) is 0 Å². The molecule has 5 nitrogen and oxygen atoms in total. The van der Waals surface area contributed by atoms with Crippen molar-refractivity contribution in [3.8, 4) is 0 Å². The standard InChI is InChI=1S/C12H7ClF2N2O3S/c13-8-1-2-11(10(15)4-8)21(19,20)17-12(18)7-3-9(14)6-16-5-7/h1-6H,(H,17,18). The van der Waals surface area contributed by atoms with Gasteiger partial charge in [0.2, 0.25) is 0 Å². The minimum atomic E-state index is -4.45. The van der Waals surface area contributed by atoms with Crippen molar-refractivity contribution in [2.75, 3.05) is 0 Å². The van der Waals surface area contributed by atoms with Gasteiger partial charge in [0, 0.05) is 11.2 Å². The van der Waals surface area contributed by atoms with Crippen LogP contribution in [0.3, 0.4) is 0 Å². The van der Waals surface area contributed by atoms with Gasteiger partial charge in [-0.3, -0.25) is 9.78 Å². The molecular formula is C12H7ClF2N2O3S. The smallest absolute Gasteiger partial charge is 0.267 e. The molecule has 1 aromatic heterocycles. The second-order valence-corrected chi connectivity index (χ2v) is 5.99. The Morgan fingerprint density at radius 2 is 1.90 bits per heavy atom. The molecule has 0 fully saturated rings. The van der Waals surface area contributed by atoms with E-state index in [-0.39, 0.29) is 10.6 Å². The van der Waals surface area contributed by atoms with Gasteiger partial charge >= 0.3 is 0 Å². The van der Waals surface area contributed by atoms with Crippen LogP contribution in [-0.2, 0) is 10.0 Å². The van der Waals surface area contributed by atoms with Gasteiger partial charge in [-0.1, -0.05) is 11.6 Å². The summed E-state index contributed by atoms with van der Waals surface area (Å²) in [5.41, 5.74) is -0.312. The van der Waals surface area contributed by atoms with Crippen LogP contribution in [0.1, 0.15) is 10.4 Å². The van der Waals surface area contributed by atoms with Crippen molar-refractivity contribution < 1.29 is 22.0 Å². The fourth-order valence-electron chi connectivity index (χ4n) is 1.47. The molecule has 0 aliphatic carbocycles. The first kappa shape index (κ1) is 15.3. The summed E-state index contributed by atoms with van der Waals surface area (Å²) in [6.07, 6.45) is 1.83. The Labute approximate surface area is 123 Å². The number of pyridine rings is 1. The van der Waals surface area contributed by atoms with Crippen LogP contribution in [0.4, 0.5) is 8.78 Å². The Morgan fingerprint density at radius 3 is 2.52 bits per heavy atom. The number of benzene rings is 1. The molecule has 2 rings (SSSR count). The van der Waals surface area contributed by atoms with Gasteiger partial charge in [0.1, 0.15) is 16.5 Å². The Hall–Kier alpha value is -2.06. The minimum absolute atomic E-state index is 0.00658. The lowest BCUT2D eigenvalue weighted by molar-refractivity contribution is 0.0980. The average Bonchev–Trinajstić information content (AvgIpc) is 2.37. The minimum Gasteiger partial charge on any atom is -0.268 e. The first-order valence-corrected chi connectivity index (χ1v) is 7.28. The highest BCUT2D eigenvalue weighted by atomic mass is 35.5. The van der Waals surface area contributed by atoms with Crippen LogP contribution < -0.4 is 4.72 Å². The first-order chi connectivity index (χ1) is 9.79. The highest BCUT2D eigenvalue weighted by Gasteiger charge is 2.22. The molecule has 0 unspecified atom stereocenters. The van der Waals surface area contributed by atoms with Gasteiger partial charge in [0.15, 0.2) is 0 Å². The van der Waals surface area contributed by atoms with Gasteiger partial charge in [-0.2, -0.15) is 0 Å². The molecule has 110 valence electrons. The van der Waals surface area contributed by atoms with E-state index in [1.165, 1.54) is 0 Å². The van der Waals surface area contributed by atoms with E-state index >= 15 is 0 Å². The Kier molecular flexibility index (Phi) is 4.19. The zero-order chi connectivity index (χ0) is 15.6. The highest BCUT2D eigenvalue weighted by Crippen LogP contribution is 2.19. The lowest BCUT2D eigenvalue weighted by Crippen LogP contribution is -2.31. The molecule has 0 spiro atoms. The van der Waals surface area contributed by atoms with Gasteiger partial charge in [-0.05, 0) is 24.3 Å². The van der Waals surface area contributed by atoms with Crippen molar-refractivity contribution in [1.29, 1.82) is 0 Å². The quantitative estimate of drug-likeness (QED) is 0.934. The van der Waals surface area contributed by atoms with E-state index in [2.05, 4.69) is 4.98 Å². The van der Waals surface area contributed by atoms with E-state index in [9.17, 15) is 22.0 Å². The monoisotopic (exact) mass is 332 g/mol. The number of nitrogens with one attached hydrogen (secondary N) is 1. The van der Waals surface area contributed by atoms with Crippen LogP contribution in [0, 0.1) is 11.6 Å². The second-order valence-electron chi connectivity index (χ2n) is 3.90. The zero-order valence-electron chi connectivity index (χ0n) is 10.2. The maximum atomic E-state index is 13.6. The van der Waals surface area contributed by atoms with Crippen molar-refractivity contribution in [2.24, 2.45) is 0 Å². The number of amides is 1. The molecule has 0 aliphatic heterocycles. The van der Waals surface area contributed by atoms with Gasteiger partial charge in [0.05, 0.1) is 11.8 Å². The van der Waals surface area contributed by atoms with E-state index in [0.717, 1.165) is 36.7 Å². The topological polar surface area (TPSA) is 76.1 Å². The van der Waals surface area contributed by atoms with E-state index in [1.54, 1.807) is 4.72 Å². The Morgan fingerprint density at radius 1 is 1.19 bits per heavy atom. The molecule has 0 atom stereocenters. The number of aromatic nitrogens is 1. The van der Waals surface area contributed by atoms with Crippen LogP contribution in [0.25, 0.3) is 0 Å². The molecule has 0 aliphatic rings. The normalized spacial score (nSPS) is 11.2. The van der Waals surface area contributed by atoms with E-state index in [4.69, 9.17) is 11.6 Å². The first-order valence-electron chi connectivity index (χ1n) is 5.42. The molecule has 21 heavy (non-hydrogen) atoms. The van der Waals surface area contributed by atoms with Gasteiger partial charge in [-0.15, -0.1) is 0 Å². The van der Waals surface area contributed by atoms with Crippen molar-refractivity contribution in [1.82, 2.24) is 9.71 Å². The van der Waals surface area contributed by atoms with Crippen molar-refractivity contribution in [3.63, 3.8) is 0 Å². The average molecular weight is 333 g/mol. The number of rotatable bonds is 3. The number of hydrogen-bond donors (Lipinski definition) is 1. The van der Waals surface area contributed by atoms with E-state index in [1.807, 2.05) is 0 Å². The lowest BCUT2D eigenvalue weighted by atomic mass is 10.3. The van der Waals surface area contributed by atoms with Crippen LogP contribution in [0.15, 0.2) is 41.6 Å². The predicted molar refractivity (Wildman–Crippen MR) is 70.3 cm³/mol. The van der Waals surface area contributed by atoms with Crippen molar-refractivity contribution in [2.45, 2.75) is 4.90 Å². The molecule has 1 N–H and O–H groups in total. The molecule has 1 aromatic carbocycles. The number of nitrogens with zero attached hydrogens (tertiary/aromatic N) is 1. The maximum Gasteiger partial charge on any atom is 0.267 e. The van der Waals surface area contributed by atoms with E-state index < -0.39 is 32.5 Å². The molecule has 9 heteroatoms. The SMILES string of the molecule is O=C(NS(=O)(=O)c1ccc(Cl)cc1F)c1cncc(F)c1. The third kappa shape index (κ3) is 3.53. The number of hydrogen-bond acceptors (Lipinski definition) is 4. The van der Waals surface area contributed by atoms with Gasteiger partial charge < -0.3 is 0 Å². The number of halogens is 3. The molecular weight excluding hydrogens is 326 g/mol.